The molecule has 4 bridgehead atoms. The van der Waals surface area contributed by atoms with Gasteiger partial charge in [-0.2, -0.15) is 0 Å². The molecule has 6 heteroatoms. The predicted octanol–water partition coefficient (Wildman–Crippen LogP) is 4.91. The summed E-state index contributed by atoms with van der Waals surface area (Å²) >= 11 is 12.8. The van der Waals surface area contributed by atoms with Crippen LogP contribution in [0, 0.1) is 17.3 Å². The van der Waals surface area contributed by atoms with Crippen molar-refractivity contribution in [1.29, 1.82) is 0 Å². The zero-order valence-corrected chi connectivity index (χ0v) is 15.9. The largest absolute Gasteiger partial charge is 0.298 e. The lowest BCUT2D eigenvalue weighted by Gasteiger charge is -2.59. The molecule has 4 aliphatic carbocycles. The average Bonchev–Trinajstić information content (AvgIpc) is 2.57. The van der Waals surface area contributed by atoms with Crippen LogP contribution >= 0.6 is 23.2 Å². The zero-order chi connectivity index (χ0) is 17.9. The molecule has 1 amide bonds. The number of carbonyl (C=O) groups excluding carboxylic acids is 1. The fraction of sp³-hybridized carbons (Fsp3) is 0.500. The Bertz CT molecular complexity index is 886. The van der Waals surface area contributed by atoms with E-state index in [0.717, 1.165) is 48.7 Å². The van der Waals surface area contributed by atoms with Crippen molar-refractivity contribution >= 4 is 45.7 Å². The first-order chi connectivity index (χ1) is 12.4. The quantitative estimate of drug-likeness (QED) is 0.445. The molecule has 4 aliphatic rings. The third kappa shape index (κ3) is 2.66. The summed E-state index contributed by atoms with van der Waals surface area (Å²) in [5.74, 6) is 1.28. The lowest BCUT2D eigenvalue weighted by atomic mass is 9.49. The molecule has 0 spiro atoms. The molecule has 1 aromatic heterocycles. The molecular weight excluding hydrogens is 369 g/mol. The maximum absolute atomic E-state index is 13.1. The molecular formula is C20H21Cl2N3O. The van der Waals surface area contributed by atoms with E-state index in [4.69, 9.17) is 23.2 Å². The summed E-state index contributed by atoms with van der Waals surface area (Å²) in [5, 5.41) is 1.39. The van der Waals surface area contributed by atoms with E-state index in [1.807, 2.05) is 24.3 Å². The van der Waals surface area contributed by atoms with Gasteiger partial charge in [0.2, 0.25) is 5.91 Å². The van der Waals surface area contributed by atoms with E-state index < -0.39 is 0 Å². The van der Waals surface area contributed by atoms with Crippen molar-refractivity contribution in [3.8, 4) is 0 Å². The number of hydrazine groups is 1. The van der Waals surface area contributed by atoms with Crippen molar-refractivity contribution in [2.75, 3.05) is 5.43 Å². The summed E-state index contributed by atoms with van der Waals surface area (Å²) < 4.78 is 0. The highest BCUT2D eigenvalue weighted by Crippen LogP contribution is 2.63. The van der Waals surface area contributed by atoms with E-state index in [1.54, 1.807) is 6.07 Å². The standard InChI is InChI=1S/C20H21Cl2N3O/c21-17-5-4-14-15(23-17)2-1-3-16(14)24-25-18(26)19-7-12-6-13(8-19)10-20(22,9-12)11-19/h1-5,12-13,24H,6-11H2,(H,25,26). The summed E-state index contributed by atoms with van der Waals surface area (Å²) in [6, 6.07) is 9.41. The number of fused-ring (bicyclic) bond motifs is 1. The number of aromatic nitrogens is 1. The highest BCUT2D eigenvalue weighted by molar-refractivity contribution is 6.29. The van der Waals surface area contributed by atoms with E-state index in [9.17, 15) is 4.79 Å². The maximum Gasteiger partial charge on any atom is 0.244 e. The third-order valence-electron chi connectivity index (χ3n) is 6.48. The predicted molar refractivity (Wildman–Crippen MR) is 104 cm³/mol. The number of carbonyl (C=O) groups is 1. The molecule has 2 unspecified atom stereocenters. The van der Waals surface area contributed by atoms with Gasteiger partial charge in [0.15, 0.2) is 0 Å². The fourth-order valence-electron chi connectivity index (χ4n) is 5.91. The minimum Gasteiger partial charge on any atom is -0.298 e. The van der Waals surface area contributed by atoms with Crippen LogP contribution in [0.15, 0.2) is 30.3 Å². The van der Waals surface area contributed by atoms with E-state index in [1.165, 1.54) is 6.42 Å². The Hall–Kier alpha value is -1.52. The minimum absolute atomic E-state index is 0.0792. The molecule has 136 valence electrons. The van der Waals surface area contributed by atoms with Gasteiger partial charge in [-0.25, -0.2) is 4.98 Å². The van der Waals surface area contributed by atoms with Crippen molar-refractivity contribution in [3.63, 3.8) is 0 Å². The Labute approximate surface area is 162 Å². The Kier molecular flexibility index (Phi) is 3.67. The third-order valence-corrected chi connectivity index (χ3v) is 7.13. The molecule has 1 aromatic carbocycles. The van der Waals surface area contributed by atoms with Gasteiger partial charge in [0, 0.05) is 10.3 Å². The van der Waals surface area contributed by atoms with Crippen molar-refractivity contribution in [3.05, 3.63) is 35.5 Å². The van der Waals surface area contributed by atoms with Gasteiger partial charge in [0.25, 0.3) is 0 Å². The molecule has 6 rings (SSSR count). The Morgan fingerprint density at radius 1 is 1.12 bits per heavy atom. The minimum atomic E-state index is -0.315. The van der Waals surface area contributed by atoms with E-state index in [-0.39, 0.29) is 16.2 Å². The van der Waals surface area contributed by atoms with Crippen molar-refractivity contribution in [1.82, 2.24) is 10.4 Å². The number of hydrogen-bond donors (Lipinski definition) is 2. The van der Waals surface area contributed by atoms with Gasteiger partial charge in [-0.05, 0) is 74.6 Å². The summed E-state index contributed by atoms with van der Waals surface area (Å²) in [4.78, 5) is 17.3. The summed E-state index contributed by atoms with van der Waals surface area (Å²) in [6.45, 7) is 0. The van der Waals surface area contributed by atoms with Gasteiger partial charge in [0.05, 0.1) is 16.6 Å². The summed E-state index contributed by atoms with van der Waals surface area (Å²) in [5.41, 5.74) is 7.40. The Balaban J connectivity index is 1.37. The highest BCUT2D eigenvalue weighted by atomic mass is 35.5. The number of rotatable bonds is 3. The van der Waals surface area contributed by atoms with E-state index >= 15 is 0 Å². The van der Waals surface area contributed by atoms with Gasteiger partial charge in [-0.15, -0.1) is 11.6 Å². The molecule has 26 heavy (non-hydrogen) atoms. The Morgan fingerprint density at radius 2 is 1.88 bits per heavy atom. The van der Waals surface area contributed by atoms with Crippen LogP contribution in [0.1, 0.15) is 38.5 Å². The fourth-order valence-corrected chi connectivity index (χ4v) is 6.76. The second-order valence-corrected chi connectivity index (χ2v) is 9.67. The molecule has 2 aromatic rings. The van der Waals surface area contributed by atoms with Crippen molar-refractivity contribution in [2.24, 2.45) is 17.3 Å². The topological polar surface area (TPSA) is 54.0 Å². The van der Waals surface area contributed by atoms with Crippen molar-refractivity contribution in [2.45, 2.75) is 43.4 Å². The molecule has 0 saturated heterocycles. The SMILES string of the molecule is O=C(NNc1cccc2nc(Cl)ccc12)C12CC3CC(CC(Cl)(C3)C1)C2. The van der Waals surface area contributed by atoms with Gasteiger partial charge in [0.1, 0.15) is 5.15 Å². The van der Waals surface area contributed by atoms with Crippen LogP contribution in [0.2, 0.25) is 5.15 Å². The molecule has 0 radical (unpaired) electrons. The van der Waals surface area contributed by atoms with Crippen LogP contribution in [0.25, 0.3) is 10.9 Å². The lowest BCUT2D eigenvalue weighted by molar-refractivity contribution is -0.144. The van der Waals surface area contributed by atoms with E-state index in [2.05, 4.69) is 15.8 Å². The first-order valence-electron chi connectivity index (χ1n) is 9.25. The van der Waals surface area contributed by atoms with Gasteiger partial charge in [-0.3, -0.25) is 15.6 Å². The molecule has 1 heterocycles. The van der Waals surface area contributed by atoms with Crippen LogP contribution in [0.4, 0.5) is 5.69 Å². The average molecular weight is 390 g/mol. The first kappa shape index (κ1) is 16.6. The smallest absolute Gasteiger partial charge is 0.244 e. The molecule has 4 nitrogen and oxygen atoms in total. The van der Waals surface area contributed by atoms with E-state index in [0.29, 0.717) is 17.0 Å². The number of halogens is 2. The summed E-state index contributed by atoms with van der Waals surface area (Å²) in [6.07, 6.45) is 6.13. The van der Waals surface area contributed by atoms with Crippen LogP contribution in [0.3, 0.4) is 0 Å². The normalized spacial score (nSPS) is 34.8. The van der Waals surface area contributed by atoms with Crippen LogP contribution in [-0.4, -0.2) is 15.8 Å². The van der Waals surface area contributed by atoms with Gasteiger partial charge < -0.3 is 0 Å². The monoisotopic (exact) mass is 389 g/mol. The van der Waals surface area contributed by atoms with Crippen LogP contribution in [-0.2, 0) is 4.79 Å². The first-order valence-corrected chi connectivity index (χ1v) is 10.0. The highest BCUT2D eigenvalue weighted by Gasteiger charge is 2.60. The molecule has 2 N–H and O–H groups in total. The number of benzene rings is 1. The maximum atomic E-state index is 13.1. The number of pyridine rings is 1. The van der Waals surface area contributed by atoms with Gasteiger partial charge in [-0.1, -0.05) is 17.7 Å². The lowest BCUT2D eigenvalue weighted by Crippen LogP contribution is -2.59. The van der Waals surface area contributed by atoms with Crippen LogP contribution in [0.5, 0.6) is 0 Å². The second-order valence-electron chi connectivity index (χ2n) is 8.48. The van der Waals surface area contributed by atoms with Gasteiger partial charge >= 0.3 is 0 Å². The molecule has 4 fully saturated rings. The number of anilines is 1. The van der Waals surface area contributed by atoms with Crippen LogP contribution < -0.4 is 10.9 Å². The zero-order valence-electron chi connectivity index (χ0n) is 14.4. The number of hydrogen-bond acceptors (Lipinski definition) is 3. The number of alkyl halides is 1. The number of nitrogens with zero attached hydrogens (tertiary/aromatic N) is 1. The van der Waals surface area contributed by atoms with Crippen molar-refractivity contribution < 1.29 is 4.79 Å². The molecule has 4 saturated carbocycles. The number of amides is 1. The Morgan fingerprint density at radius 3 is 2.62 bits per heavy atom. The molecule has 0 aliphatic heterocycles. The molecule has 2 atom stereocenters. The summed E-state index contributed by atoms with van der Waals surface area (Å²) in [7, 11) is 0. The second kappa shape index (κ2) is 5.74. The number of nitrogens with one attached hydrogen (secondary N) is 2.